The molecule has 0 atom stereocenters. The third kappa shape index (κ3) is 7.09. The summed E-state index contributed by atoms with van der Waals surface area (Å²) in [7, 11) is -4.31. The Kier molecular flexibility index (Phi) is 6.19. The molecule has 1 saturated heterocycles. The fraction of sp³-hybridized carbons (Fsp3) is 0.800. The molecule has 1 aliphatic rings. The molecule has 1 aliphatic heterocycles. The fourth-order valence-corrected chi connectivity index (χ4v) is 2.13. The van der Waals surface area contributed by atoms with E-state index >= 15 is 0 Å². The van der Waals surface area contributed by atoms with Crippen LogP contribution >= 0.6 is 0 Å². The van der Waals surface area contributed by atoms with E-state index in [1.54, 1.807) is 4.90 Å². The minimum Gasteiger partial charge on any atom is -0.748 e. The van der Waals surface area contributed by atoms with Crippen molar-refractivity contribution in [2.45, 2.75) is 12.8 Å². The van der Waals surface area contributed by atoms with Crippen molar-refractivity contribution in [2.24, 2.45) is 0 Å². The SMILES string of the molecule is O=C(CCC(=O)N1CC[NH2+]CC1)NCCS(=O)(=O)[O-]. The monoisotopic (exact) mass is 293 g/mol. The van der Waals surface area contributed by atoms with Crippen LogP contribution in [0.4, 0.5) is 0 Å². The number of hydrogen-bond donors (Lipinski definition) is 2. The highest BCUT2D eigenvalue weighted by Crippen LogP contribution is 1.98. The second-order valence-corrected chi connectivity index (χ2v) is 5.88. The molecule has 9 heteroatoms. The molecule has 2 amide bonds. The fourth-order valence-electron chi connectivity index (χ4n) is 1.78. The molecule has 110 valence electrons. The van der Waals surface area contributed by atoms with E-state index in [0.717, 1.165) is 13.1 Å². The molecule has 8 nitrogen and oxygen atoms in total. The Labute approximate surface area is 112 Å². The predicted octanol–water partition coefficient (Wildman–Crippen LogP) is -3.17. The molecule has 0 aromatic rings. The molecule has 3 N–H and O–H groups in total. The van der Waals surface area contributed by atoms with Crippen LogP contribution in [0, 0.1) is 0 Å². The Morgan fingerprint density at radius 3 is 2.42 bits per heavy atom. The largest absolute Gasteiger partial charge is 0.748 e. The number of carbonyl (C=O) groups is 2. The molecule has 0 saturated carbocycles. The molecular formula is C10H19N3O5S. The van der Waals surface area contributed by atoms with Crippen LogP contribution in [0.3, 0.4) is 0 Å². The summed E-state index contributed by atoms with van der Waals surface area (Å²) in [6, 6.07) is 0. The lowest BCUT2D eigenvalue weighted by atomic mass is 10.2. The van der Waals surface area contributed by atoms with Gasteiger partial charge in [0.05, 0.1) is 42.1 Å². The summed E-state index contributed by atoms with van der Waals surface area (Å²) in [6.07, 6.45) is 0.119. The van der Waals surface area contributed by atoms with Crippen LogP contribution in [0.15, 0.2) is 0 Å². The van der Waals surface area contributed by atoms with Gasteiger partial charge in [0.1, 0.15) is 0 Å². The third-order valence-corrected chi connectivity index (χ3v) is 3.50. The van der Waals surface area contributed by atoms with Crippen LogP contribution in [0.2, 0.25) is 0 Å². The van der Waals surface area contributed by atoms with Gasteiger partial charge in [0.15, 0.2) is 0 Å². The summed E-state index contributed by atoms with van der Waals surface area (Å²) >= 11 is 0. The van der Waals surface area contributed by atoms with Gasteiger partial charge in [-0.3, -0.25) is 9.59 Å². The van der Waals surface area contributed by atoms with Gasteiger partial charge in [-0.1, -0.05) is 0 Å². The number of hydrogen-bond acceptors (Lipinski definition) is 5. The standard InChI is InChI=1S/C10H19N3O5S/c14-9(12-5-8-19(16,17)18)1-2-10(15)13-6-3-11-4-7-13/h11H,1-8H2,(H,12,14)(H,16,17,18). The van der Waals surface area contributed by atoms with Gasteiger partial charge in [-0.05, 0) is 0 Å². The zero-order chi connectivity index (χ0) is 14.3. The molecule has 0 aromatic heterocycles. The van der Waals surface area contributed by atoms with E-state index in [1.165, 1.54) is 0 Å². The summed E-state index contributed by atoms with van der Waals surface area (Å²) in [5.74, 6) is -1.12. The van der Waals surface area contributed by atoms with Crippen molar-refractivity contribution in [1.82, 2.24) is 10.2 Å². The first-order chi connectivity index (χ1) is 8.88. The number of quaternary nitrogens is 1. The highest BCUT2D eigenvalue weighted by Gasteiger charge is 2.18. The summed E-state index contributed by atoms with van der Waals surface area (Å²) in [6.45, 7) is 2.92. The Bertz CT molecular complexity index is 417. The maximum atomic E-state index is 11.7. The molecule has 19 heavy (non-hydrogen) atoms. The van der Waals surface area contributed by atoms with Crippen molar-refractivity contribution in [1.29, 1.82) is 0 Å². The molecule has 0 unspecified atom stereocenters. The van der Waals surface area contributed by atoms with Crippen LogP contribution in [-0.4, -0.2) is 68.2 Å². The van der Waals surface area contributed by atoms with Gasteiger partial charge in [0.25, 0.3) is 0 Å². The smallest absolute Gasteiger partial charge is 0.223 e. The van der Waals surface area contributed by atoms with Gasteiger partial charge in [-0.25, -0.2) is 8.42 Å². The molecular weight excluding hydrogens is 274 g/mol. The molecule has 1 heterocycles. The van der Waals surface area contributed by atoms with Crippen molar-refractivity contribution in [3.63, 3.8) is 0 Å². The average Bonchev–Trinajstić information content (AvgIpc) is 2.35. The van der Waals surface area contributed by atoms with Crippen LogP contribution in [-0.2, 0) is 19.7 Å². The van der Waals surface area contributed by atoms with Crippen LogP contribution < -0.4 is 10.6 Å². The number of piperazine rings is 1. The summed E-state index contributed by atoms with van der Waals surface area (Å²) in [4.78, 5) is 24.8. The number of amides is 2. The Morgan fingerprint density at radius 2 is 1.84 bits per heavy atom. The Morgan fingerprint density at radius 1 is 1.21 bits per heavy atom. The van der Waals surface area contributed by atoms with E-state index in [4.69, 9.17) is 0 Å². The van der Waals surface area contributed by atoms with E-state index in [1.807, 2.05) is 0 Å². The van der Waals surface area contributed by atoms with Crippen LogP contribution in [0.5, 0.6) is 0 Å². The van der Waals surface area contributed by atoms with Crippen molar-refractivity contribution >= 4 is 21.9 Å². The highest BCUT2D eigenvalue weighted by atomic mass is 32.2. The van der Waals surface area contributed by atoms with E-state index < -0.39 is 21.8 Å². The Hall–Kier alpha value is -1.19. The number of rotatable bonds is 6. The highest BCUT2D eigenvalue weighted by molar-refractivity contribution is 7.85. The maximum Gasteiger partial charge on any atom is 0.223 e. The van der Waals surface area contributed by atoms with Gasteiger partial charge in [0, 0.05) is 19.4 Å². The van der Waals surface area contributed by atoms with Gasteiger partial charge < -0.3 is 20.1 Å². The Balaban J connectivity index is 2.17. The maximum absolute atomic E-state index is 11.7. The minimum atomic E-state index is -4.31. The minimum absolute atomic E-state index is 0.0119. The zero-order valence-corrected chi connectivity index (χ0v) is 11.4. The first-order valence-electron chi connectivity index (χ1n) is 6.18. The van der Waals surface area contributed by atoms with Gasteiger partial charge in [0.2, 0.25) is 11.8 Å². The third-order valence-electron chi connectivity index (χ3n) is 2.80. The van der Waals surface area contributed by atoms with E-state index in [0.29, 0.717) is 13.1 Å². The molecule has 0 spiro atoms. The second kappa shape index (κ2) is 7.41. The van der Waals surface area contributed by atoms with Crippen LogP contribution in [0.1, 0.15) is 12.8 Å². The van der Waals surface area contributed by atoms with E-state index in [2.05, 4.69) is 10.6 Å². The summed E-state index contributed by atoms with van der Waals surface area (Å²) in [5, 5.41) is 4.43. The van der Waals surface area contributed by atoms with Crippen molar-refractivity contribution in [3.8, 4) is 0 Å². The lowest BCUT2D eigenvalue weighted by Crippen LogP contribution is -2.89. The van der Waals surface area contributed by atoms with E-state index in [9.17, 15) is 22.6 Å². The second-order valence-electron chi connectivity index (χ2n) is 4.36. The normalized spacial score (nSPS) is 16.2. The summed E-state index contributed by atoms with van der Waals surface area (Å²) < 4.78 is 30.9. The molecule has 1 rings (SSSR count). The van der Waals surface area contributed by atoms with Gasteiger partial charge >= 0.3 is 0 Å². The lowest BCUT2D eigenvalue weighted by molar-refractivity contribution is -0.662. The number of carbonyl (C=O) groups excluding carboxylic acids is 2. The molecule has 0 bridgehead atoms. The lowest BCUT2D eigenvalue weighted by Gasteiger charge is -2.25. The van der Waals surface area contributed by atoms with Crippen LogP contribution in [0.25, 0.3) is 0 Å². The van der Waals surface area contributed by atoms with E-state index in [-0.39, 0.29) is 25.3 Å². The number of nitrogens with two attached hydrogens (primary N) is 1. The quantitative estimate of drug-likeness (QED) is 0.500. The molecule has 1 fully saturated rings. The molecule has 0 aliphatic carbocycles. The molecule has 0 aromatic carbocycles. The van der Waals surface area contributed by atoms with Crippen molar-refractivity contribution < 1.29 is 27.9 Å². The average molecular weight is 293 g/mol. The van der Waals surface area contributed by atoms with Crippen molar-refractivity contribution in [3.05, 3.63) is 0 Å². The number of nitrogens with one attached hydrogen (secondary N) is 1. The summed E-state index contributed by atoms with van der Waals surface area (Å²) in [5.41, 5.74) is 0. The first-order valence-corrected chi connectivity index (χ1v) is 7.76. The molecule has 0 radical (unpaired) electrons. The first kappa shape index (κ1) is 15.9. The van der Waals surface area contributed by atoms with Gasteiger partial charge in [-0.15, -0.1) is 0 Å². The number of nitrogens with zero attached hydrogens (tertiary/aromatic N) is 1. The van der Waals surface area contributed by atoms with Crippen molar-refractivity contribution in [2.75, 3.05) is 38.5 Å². The predicted molar refractivity (Wildman–Crippen MR) is 65.0 cm³/mol. The zero-order valence-electron chi connectivity index (χ0n) is 10.6. The topological polar surface area (TPSA) is 123 Å². The van der Waals surface area contributed by atoms with Gasteiger partial charge in [-0.2, -0.15) is 0 Å².